The maximum Gasteiger partial charge on any atom is 0.281 e. The lowest BCUT2D eigenvalue weighted by Crippen LogP contribution is -2.15. The Labute approximate surface area is 180 Å². The van der Waals surface area contributed by atoms with Crippen LogP contribution in [0.4, 0.5) is 8.78 Å². The first-order valence-electron chi connectivity index (χ1n) is 9.88. The zero-order chi connectivity index (χ0) is 22.2. The summed E-state index contributed by atoms with van der Waals surface area (Å²) in [6, 6.07) is 18.1. The van der Waals surface area contributed by atoms with E-state index in [0.717, 1.165) is 40.6 Å². The molecule has 32 heavy (non-hydrogen) atoms. The van der Waals surface area contributed by atoms with E-state index >= 15 is 0 Å². The van der Waals surface area contributed by atoms with Gasteiger partial charge in [0.15, 0.2) is 5.82 Å². The van der Waals surface area contributed by atoms with Crippen LogP contribution in [0.2, 0.25) is 0 Å². The van der Waals surface area contributed by atoms with E-state index in [2.05, 4.69) is 21.1 Å². The number of H-pyrrole nitrogens is 1. The molecule has 5 aromatic rings. The Hall–Kier alpha value is -4.38. The topological polar surface area (TPSA) is 86.8 Å². The Bertz CT molecular complexity index is 1580. The van der Waals surface area contributed by atoms with Gasteiger partial charge in [0.2, 0.25) is 0 Å². The summed E-state index contributed by atoms with van der Waals surface area (Å²) >= 11 is 0. The van der Waals surface area contributed by atoms with Gasteiger partial charge in [0.1, 0.15) is 11.6 Å². The van der Waals surface area contributed by atoms with Crippen molar-refractivity contribution in [3.05, 3.63) is 99.3 Å². The Morgan fingerprint density at radius 3 is 2.44 bits per heavy atom. The molecule has 0 saturated carbocycles. The summed E-state index contributed by atoms with van der Waals surface area (Å²) in [4.78, 5) is 21.6. The zero-order valence-electron chi connectivity index (χ0n) is 16.6. The molecule has 0 fully saturated rings. The van der Waals surface area contributed by atoms with E-state index in [1.165, 1.54) is 6.07 Å². The van der Waals surface area contributed by atoms with Crippen molar-refractivity contribution in [3.8, 4) is 17.5 Å². The number of benzene rings is 3. The molecule has 0 radical (unpaired) electrons. The lowest BCUT2D eigenvalue weighted by atomic mass is 10.0. The molecule has 0 unspecified atom stereocenters. The van der Waals surface area contributed by atoms with Crippen LogP contribution in [0.25, 0.3) is 28.1 Å². The fraction of sp³-hybridized carbons (Fsp3) is 0.0833. The van der Waals surface area contributed by atoms with Crippen molar-refractivity contribution in [1.82, 2.24) is 19.6 Å². The highest BCUT2D eigenvalue weighted by Gasteiger charge is 2.15. The van der Waals surface area contributed by atoms with Crippen molar-refractivity contribution in [2.45, 2.75) is 12.8 Å². The minimum Gasteiger partial charge on any atom is -0.271 e. The van der Waals surface area contributed by atoms with Gasteiger partial charge in [-0.1, -0.05) is 18.2 Å². The smallest absolute Gasteiger partial charge is 0.271 e. The first-order chi connectivity index (χ1) is 15.5. The highest BCUT2D eigenvalue weighted by atomic mass is 19.1. The van der Waals surface area contributed by atoms with Gasteiger partial charge in [0.05, 0.1) is 28.1 Å². The number of halogens is 2. The molecular formula is C24H15F2N5O. The lowest BCUT2D eigenvalue weighted by molar-refractivity contribution is 0.585. The van der Waals surface area contributed by atoms with Crippen LogP contribution < -0.4 is 5.56 Å². The van der Waals surface area contributed by atoms with Crippen molar-refractivity contribution < 1.29 is 8.78 Å². The second kappa shape index (κ2) is 7.71. The largest absolute Gasteiger partial charge is 0.281 e. The van der Waals surface area contributed by atoms with Crippen LogP contribution in [0.3, 0.4) is 0 Å². The summed E-state index contributed by atoms with van der Waals surface area (Å²) in [5.41, 5.74) is 2.90. The number of hydrogen-bond donors (Lipinski definition) is 1. The highest BCUT2D eigenvalue weighted by Crippen LogP contribution is 2.21. The third kappa shape index (κ3) is 3.50. The molecule has 3 aromatic carbocycles. The average Bonchev–Trinajstić information content (AvgIpc) is 3.22. The number of nitrogens with zero attached hydrogens (tertiary/aromatic N) is 4. The van der Waals surface area contributed by atoms with Gasteiger partial charge < -0.3 is 0 Å². The third-order valence-corrected chi connectivity index (χ3v) is 5.32. The maximum absolute atomic E-state index is 14.1. The molecular weight excluding hydrogens is 412 g/mol. The van der Waals surface area contributed by atoms with Crippen LogP contribution in [0, 0.1) is 23.0 Å². The fourth-order valence-electron chi connectivity index (χ4n) is 3.62. The van der Waals surface area contributed by atoms with E-state index in [0.29, 0.717) is 16.5 Å². The number of nitriles is 1. The first-order valence-corrected chi connectivity index (χ1v) is 9.88. The number of nitrogens with one attached hydrogen (secondary N) is 1. The second-order valence-electron chi connectivity index (χ2n) is 7.41. The Kier molecular flexibility index (Phi) is 4.71. The molecule has 6 nitrogen and oxygen atoms in total. The number of fused-ring (bicyclic) bond motifs is 2. The van der Waals surface area contributed by atoms with E-state index in [9.17, 15) is 13.6 Å². The Morgan fingerprint density at radius 2 is 1.69 bits per heavy atom. The van der Waals surface area contributed by atoms with E-state index in [-0.39, 0.29) is 22.7 Å². The van der Waals surface area contributed by atoms with Crippen LogP contribution in [0.15, 0.2) is 65.5 Å². The molecule has 156 valence electrons. The fourth-order valence-corrected chi connectivity index (χ4v) is 3.62. The standard InChI is InChI=1S/C24H15F2N5O/c25-17-8-10-18(20(26)12-17)22-29-24-28-21-11-15(7-9-19(21)23(32)31(24)30-22)4-1-14-2-5-16(13-27)6-3-14/h2-3,5-12H,1,4H2,(H,28,29,30). The molecule has 2 aromatic heterocycles. The molecule has 0 saturated heterocycles. The normalized spacial score (nSPS) is 11.2. The van der Waals surface area contributed by atoms with Gasteiger partial charge in [-0.15, -0.1) is 0 Å². The molecule has 0 aliphatic rings. The summed E-state index contributed by atoms with van der Waals surface area (Å²) in [5.74, 6) is -1.29. The number of hydrogen-bond acceptors (Lipinski definition) is 4. The number of aromatic amines is 1. The molecule has 0 atom stereocenters. The maximum atomic E-state index is 14.1. The van der Waals surface area contributed by atoms with Crippen molar-refractivity contribution >= 4 is 16.7 Å². The number of rotatable bonds is 4. The van der Waals surface area contributed by atoms with E-state index in [1.54, 1.807) is 18.2 Å². The third-order valence-electron chi connectivity index (χ3n) is 5.32. The summed E-state index contributed by atoms with van der Waals surface area (Å²) in [6.07, 6.45) is 1.50. The van der Waals surface area contributed by atoms with E-state index in [4.69, 9.17) is 5.26 Å². The van der Waals surface area contributed by atoms with Crippen molar-refractivity contribution in [3.63, 3.8) is 0 Å². The van der Waals surface area contributed by atoms with Crippen LogP contribution >= 0.6 is 0 Å². The summed E-state index contributed by atoms with van der Waals surface area (Å²) in [6.45, 7) is 0. The second-order valence-corrected chi connectivity index (χ2v) is 7.41. The Balaban J connectivity index is 1.49. The highest BCUT2D eigenvalue weighted by molar-refractivity contribution is 5.80. The molecule has 0 aliphatic carbocycles. The van der Waals surface area contributed by atoms with Crippen LogP contribution in [-0.2, 0) is 12.8 Å². The molecule has 5 rings (SSSR count). The lowest BCUT2D eigenvalue weighted by Gasteiger charge is -2.04. The SMILES string of the molecule is N#Cc1ccc(CCc2ccc3c(=O)n4[nH]c(-c5ccc(F)cc5F)nc4nc3c2)cc1. The predicted molar refractivity (Wildman–Crippen MR) is 115 cm³/mol. The summed E-state index contributed by atoms with van der Waals surface area (Å²) < 4.78 is 28.5. The molecule has 0 bridgehead atoms. The van der Waals surface area contributed by atoms with Crippen LogP contribution in [0.5, 0.6) is 0 Å². The van der Waals surface area contributed by atoms with Gasteiger partial charge in [0.25, 0.3) is 11.3 Å². The van der Waals surface area contributed by atoms with E-state index in [1.807, 2.05) is 24.3 Å². The van der Waals surface area contributed by atoms with Gasteiger partial charge in [0, 0.05) is 6.07 Å². The molecule has 2 heterocycles. The monoisotopic (exact) mass is 427 g/mol. The quantitative estimate of drug-likeness (QED) is 0.466. The molecule has 8 heteroatoms. The van der Waals surface area contributed by atoms with Crippen molar-refractivity contribution in [1.29, 1.82) is 5.26 Å². The minimum atomic E-state index is -0.785. The predicted octanol–water partition coefficient (Wildman–Crippen LogP) is 4.17. The zero-order valence-corrected chi connectivity index (χ0v) is 16.6. The van der Waals surface area contributed by atoms with Crippen molar-refractivity contribution in [2.75, 3.05) is 0 Å². The average molecular weight is 427 g/mol. The molecule has 1 N–H and O–H groups in total. The van der Waals surface area contributed by atoms with Gasteiger partial charge in [-0.2, -0.15) is 14.8 Å². The van der Waals surface area contributed by atoms with E-state index < -0.39 is 11.6 Å². The van der Waals surface area contributed by atoms with Gasteiger partial charge >= 0.3 is 0 Å². The first kappa shape index (κ1) is 19.6. The number of aromatic nitrogens is 4. The van der Waals surface area contributed by atoms with Gasteiger partial charge in [-0.05, 0) is 60.4 Å². The van der Waals surface area contributed by atoms with Crippen molar-refractivity contribution in [2.24, 2.45) is 0 Å². The Morgan fingerprint density at radius 1 is 0.938 bits per heavy atom. The summed E-state index contributed by atoms with van der Waals surface area (Å²) in [5, 5.41) is 12.1. The van der Waals surface area contributed by atoms with Crippen LogP contribution in [-0.4, -0.2) is 19.6 Å². The van der Waals surface area contributed by atoms with Crippen LogP contribution in [0.1, 0.15) is 16.7 Å². The molecule has 0 spiro atoms. The minimum absolute atomic E-state index is 0.0449. The number of aryl methyl sites for hydroxylation is 2. The molecule has 0 amide bonds. The van der Waals surface area contributed by atoms with Gasteiger partial charge in [-0.25, -0.2) is 13.8 Å². The summed E-state index contributed by atoms with van der Waals surface area (Å²) in [7, 11) is 0. The molecule has 0 aliphatic heterocycles. The van der Waals surface area contributed by atoms with Gasteiger partial charge in [-0.3, -0.25) is 9.89 Å².